The average molecular weight is 197 g/mol. The monoisotopic (exact) mass is 197 g/mol. The minimum absolute atomic E-state index is 0.467. The maximum absolute atomic E-state index is 13.1. The Morgan fingerprint density at radius 1 is 1.43 bits per heavy atom. The Kier molecular flexibility index (Phi) is 2.50. The third-order valence-corrected chi connectivity index (χ3v) is 2.68. The summed E-state index contributed by atoms with van der Waals surface area (Å²) < 4.78 is 25.7. The van der Waals surface area contributed by atoms with Gasteiger partial charge in [-0.2, -0.15) is 0 Å². The zero-order valence-corrected chi connectivity index (χ0v) is 8.06. The lowest BCUT2D eigenvalue weighted by Gasteiger charge is -2.04. The summed E-state index contributed by atoms with van der Waals surface area (Å²) in [7, 11) is 0. The van der Waals surface area contributed by atoms with Crippen molar-refractivity contribution in [3.8, 4) is 0 Å². The molecule has 2 atom stereocenters. The topological polar surface area (TPSA) is 12.0 Å². The highest BCUT2D eigenvalue weighted by Gasteiger charge is 2.31. The van der Waals surface area contributed by atoms with Crippen LogP contribution in [0.2, 0.25) is 0 Å². The Morgan fingerprint density at radius 3 is 2.71 bits per heavy atom. The van der Waals surface area contributed by atoms with Gasteiger partial charge in [0.1, 0.15) is 11.6 Å². The van der Waals surface area contributed by atoms with E-state index in [2.05, 4.69) is 12.2 Å². The Bertz CT molecular complexity index is 338. The molecule has 1 saturated carbocycles. The van der Waals surface area contributed by atoms with Crippen LogP contribution in [0.4, 0.5) is 8.78 Å². The molecule has 1 aliphatic rings. The molecule has 2 rings (SSSR count). The molecular formula is C11H13F2N. The molecule has 1 aromatic carbocycles. The molecular weight excluding hydrogens is 184 g/mol. The quantitative estimate of drug-likeness (QED) is 0.784. The number of rotatable bonds is 3. The highest BCUT2D eigenvalue weighted by atomic mass is 19.1. The zero-order valence-electron chi connectivity index (χ0n) is 8.06. The summed E-state index contributed by atoms with van der Waals surface area (Å²) >= 11 is 0. The average Bonchev–Trinajstić information content (AvgIpc) is 2.80. The molecule has 0 amide bonds. The van der Waals surface area contributed by atoms with Gasteiger partial charge in [0, 0.05) is 24.2 Å². The van der Waals surface area contributed by atoms with E-state index in [1.54, 1.807) is 0 Å². The first-order valence-electron chi connectivity index (χ1n) is 4.84. The van der Waals surface area contributed by atoms with Crippen molar-refractivity contribution in [1.82, 2.24) is 5.32 Å². The van der Waals surface area contributed by atoms with Crippen LogP contribution in [0.3, 0.4) is 0 Å². The highest BCUT2D eigenvalue weighted by molar-refractivity contribution is 5.18. The van der Waals surface area contributed by atoms with Gasteiger partial charge in [0.25, 0.3) is 0 Å². The fourth-order valence-electron chi connectivity index (χ4n) is 1.51. The van der Waals surface area contributed by atoms with Gasteiger partial charge < -0.3 is 5.32 Å². The molecule has 0 bridgehead atoms. The molecule has 1 aromatic rings. The van der Waals surface area contributed by atoms with Gasteiger partial charge in [0.15, 0.2) is 0 Å². The van der Waals surface area contributed by atoms with Crippen molar-refractivity contribution in [3.63, 3.8) is 0 Å². The Balaban J connectivity index is 1.95. The van der Waals surface area contributed by atoms with E-state index >= 15 is 0 Å². The molecule has 0 spiro atoms. The van der Waals surface area contributed by atoms with Crippen LogP contribution in [0.1, 0.15) is 18.9 Å². The molecule has 0 heterocycles. The summed E-state index contributed by atoms with van der Waals surface area (Å²) in [4.78, 5) is 0. The number of nitrogens with one attached hydrogen (secondary N) is 1. The van der Waals surface area contributed by atoms with Gasteiger partial charge in [-0.3, -0.25) is 0 Å². The molecule has 0 saturated heterocycles. The molecule has 14 heavy (non-hydrogen) atoms. The molecule has 0 aromatic heterocycles. The summed E-state index contributed by atoms with van der Waals surface area (Å²) in [6.45, 7) is 2.64. The highest BCUT2D eigenvalue weighted by Crippen LogP contribution is 2.29. The van der Waals surface area contributed by atoms with Crippen molar-refractivity contribution in [3.05, 3.63) is 35.4 Å². The molecule has 3 heteroatoms. The molecule has 0 aliphatic heterocycles. The van der Waals surface area contributed by atoms with Crippen LogP contribution in [-0.4, -0.2) is 6.04 Å². The van der Waals surface area contributed by atoms with E-state index in [4.69, 9.17) is 0 Å². The first-order valence-corrected chi connectivity index (χ1v) is 4.84. The maximum Gasteiger partial charge on any atom is 0.130 e. The predicted molar refractivity (Wildman–Crippen MR) is 50.8 cm³/mol. The van der Waals surface area contributed by atoms with Crippen molar-refractivity contribution < 1.29 is 8.78 Å². The maximum atomic E-state index is 13.1. The van der Waals surface area contributed by atoms with Crippen LogP contribution in [0.15, 0.2) is 18.2 Å². The van der Waals surface area contributed by atoms with Gasteiger partial charge >= 0.3 is 0 Å². The van der Waals surface area contributed by atoms with Crippen LogP contribution in [-0.2, 0) is 6.54 Å². The smallest absolute Gasteiger partial charge is 0.130 e. The number of benzene rings is 1. The number of hydrogen-bond acceptors (Lipinski definition) is 1. The van der Waals surface area contributed by atoms with Crippen molar-refractivity contribution >= 4 is 0 Å². The van der Waals surface area contributed by atoms with Gasteiger partial charge in [-0.1, -0.05) is 13.0 Å². The Labute approximate surface area is 82.1 Å². The molecule has 1 fully saturated rings. The second kappa shape index (κ2) is 3.65. The standard InChI is InChI=1S/C11H13F2N/c1-7-4-11(7)14-6-8-2-3-9(12)5-10(8)13/h2-3,5,7,11,14H,4,6H2,1H3/t7-,11-/m1/s1. The SMILES string of the molecule is C[C@@H]1C[C@H]1NCc1ccc(F)cc1F. The van der Waals surface area contributed by atoms with Gasteiger partial charge in [0.2, 0.25) is 0 Å². The van der Waals surface area contributed by atoms with E-state index in [1.165, 1.54) is 12.1 Å². The molecule has 1 aliphatic carbocycles. The van der Waals surface area contributed by atoms with Crippen LogP contribution >= 0.6 is 0 Å². The number of halogens is 2. The lowest BCUT2D eigenvalue weighted by molar-refractivity contribution is 0.556. The van der Waals surface area contributed by atoms with E-state index < -0.39 is 11.6 Å². The lowest BCUT2D eigenvalue weighted by Crippen LogP contribution is -2.17. The van der Waals surface area contributed by atoms with Crippen molar-refractivity contribution in [2.24, 2.45) is 5.92 Å². The van der Waals surface area contributed by atoms with Crippen molar-refractivity contribution in [2.75, 3.05) is 0 Å². The van der Waals surface area contributed by atoms with Crippen molar-refractivity contribution in [1.29, 1.82) is 0 Å². The van der Waals surface area contributed by atoms with Crippen LogP contribution < -0.4 is 5.32 Å². The van der Waals surface area contributed by atoms with Crippen LogP contribution in [0.25, 0.3) is 0 Å². The first-order chi connectivity index (χ1) is 6.66. The van der Waals surface area contributed by atoms with E-state index in [0.717, 1.165) is 12.5 Å². The van der Waals surface area contributed by atoms with E-state index in [-0.39, 0.29) is 0 Å². The third kappa shape index (κ3) is 2.10. The van der Waals surface area contributed by atoms with Gasteiger partial charge in [-0.05, 0) is 18.4 Å². The summed E-state index contributed by atoms with van der Waals surface area (Å²) in [5.41, 5.74) is 0.533. The second-order valence-corrected chi connectivity index (χ2v) is 3.94. The minimum atomic E-state index is -0.522. The fourth-order valence-corrected chi connectivity index (χ4v) is 1.51. The third-order valence-electron chi connectivity index (χ3n) is 2.68. The minimum Gasteiger partial charge on any atom is -0.310 e. The largest absolute Gasteiger partial charge is 0.310 e. The van der Waals surface area contributed by atoms with Gasteiger partial charge in [0.05, 0.1) is 0 Å². The van der Waals surface area contributed by atoms with Gasteiger partial charge in [-0.15, -0.1) is 0 Å². The van der Waals surface area contributed by atoms with Gasteiger partial charge in [-0.25, -0.2) is 8.78 Å². The Morgan fingerprint density at radius 2 is 2.14 bits per heavy atom. The summed E-state index contributed by atoms with van der Waals surface area (Å²) in [5, 5.41) is 3.22. The fraction of sp³-hybridized carbons (Fsp3) is 0.455. The number of hydrogen-bond donors (Lipinski definition) is 1. The van der Waals surface area contributed by atoms with Crippen molar-refractivity contribution in [2.45, 2.75) is 25.9 Å². The predicted octanol–water partition coefficient (Wildman–Crippen LogP) is 2.46. The Hall–Kier alpha value is -0.960. The molecule has 0 radical (unpaired) electrons. The van der Waals surface area contributed by atoms with E-state index in [9.17, 15) is 8.78 Å². The summed E-state index contributed by atoms with van der Waals surface area (Å²) in [5.74, 6) is -0.296. The lowest BCUT2D eigenvalue weighted by atomic mass is 10.2. The summed E-state index contributed by atoms with van der Waals surface area (Å²) in [6, 6.07) is 4.22. The van der Waals surface area contributed by atoms with Crippen LogP contribution in [0, 0.1) is 17.6 Å². The molecule has 1 nitrogen and oxygen atoms in total. The van der Waals surface area contributed by atoms with Crippen LogP contribution in [0.5, 0.6) is 0 Å². The molecule has 0 unspecified atom stereocenters. The van der Waals surface area contributed by atoms with E-state index in [1.807, 2.05) is 0 Å². The molecule has 76 valence electrons. The summed E-state index contributed by atoms with van der Waals surface area (Å²) in [6.07, 6.45) is 1.16. The first kappa shape index (κ1) is 9.59. The second-order valence-electron chi connectivity index (χ2n) is 3.94. The molecule has 1 N–H and O–H groups in total. The normalized spacial score (nSPS) is 25.1. The zero-order chi connectivity index (χ0) is 10.1. The van der Waals surface area contributed by atoms with E-state index in [0.29, 0.717) is 24.1 Å².